The highest BCUT2D eigenvalue weighted by atomic mass is 32.1. The molecule has 1 rings (SSSR count). The zero-order valence-electron chi connectivity index (χ0n) is 9.02. The van der Waals surface area contributed by atoms with Gasteiger partial charge in [0, 0.05) is 7.05 Å². The molecule has 1 aromatic rings. The Morgan fingerprint density at radius 1 is 1.53 bits per heavy atom. The molecule has 17 heavy (non-hydrogen) atoms. The number of halogens is 3. The molecule has 96 valence electrons. The SMILES string of the molecule is CCC(C(=O)O)N(C)c1nnc(C(F)(F)F)s1. The van der Waals surface area contributed by atoms with Crippen molar-refractivity contribution < 1.29 is 23.1 Å². The number of hydrogen-bond donors (Lipinski definition) is 1. The van der Waals surface area contributed by atoms with E-state index in [4.69, 9.17) is 5.11 Å². The summed E-state index contributed by atoms with van der Waals surface area (Å²) in [4.78, 5) is 12.0. The molecule has 0 saturated heterocycles. The summed E-state index contributed by atoms with van der Waals surface area (Å²) in [6, 6.07) is -0.913. The van der Waals surface area contributed by atoms with Crippen molar-refractivity contribution >= 4 is 22.4 Å². The Kier molecular flexibility index (Phi) is 3.91. The molecule has 0 amide bonds. The third kappa shape index (κ3) is 3.05. The Hall–Kier alpha value is -1.38. The van der Waals surface area contributed by atoms with Crippen LogP contribution in [0.5, 0.6) is 0 Å². The van der Waals surface area contributed by atoms with E-state index in [1.165, 1.54) is 11.9 Å². The van der Waals surface area contributed by atoms with Crippen LogP contribution in [-0.4, -0.2) is 34.4 Å². The summed E-state index contributed by atoms with van der Waals surface area (Å²) < 4.78 is 36.8. The number of anilines is 1. The lowest BCUT2D eigenvalue weighted by atomic mass is 10.2. The summed E-state index contributed by atoms with van der Waals surface area (Å²) in [6.45, 7) is 1.63. The molecule has 0 aliphatic heterocycles. The van der Waals surface area contributed by atoms with E-state index in [9.17, 15) is 18.0 Å². The molecule has 0 radical (unpaired) electrons. The van der Waals surface area contributed by atoms with Gasteiger partial charge in [-0.15, -0.1) is 10.2 Å². The molecule has 1 unspecified atom stereocenters. The summed E-state index contributed by atoms with van der Waals surface area (Å²) >= 11 is 0.324. The molecule has 1 atom stereocenters. The maximum absolute atomic E-state index is 12.3. The van der Waals surface area contributed by atoms with Crippen molar-refractivity contribution in [3.05, 3.63) is 5.01 Å². The number of carboxylic acid groups (broad SMARTS) is 1. The lowest BCUT2D eigenvalue weighted by molar-refractivity contribution is -0.139. The van der Waals surface area contributed by atoms with Crippen LogP contribution in [0.4, 0.5) is 18.3 Å². The van der Waals surface area contributed by atoms with E-state index < -0.39 is 23.2 Å². The maximum atomic E-state index is 12.3. The standard InChI is InChI=1S/C8H10F3N3O2S/c1-3-4(5(15)16)14(2)7-13-12-6(17-7)8(9,10)11/h4H,3H2,1-2H3,(H,15,16). The maximum Gasteiger partial charge on any atom is 0.445 e. The van der Waals surface area contributed by atoms with Crippen molar-refractivity contribution in [2.75, 3.05) is 11.9 Å². The molecule has 9 heteroatoms. The molecule has 0 aliphatic carbocycles. The van der Waals surface area contributed by atoms with Crippen LogP contribution in [0.3, 0.4) is 0 Å². The van der Waals surface area contributed by atoms with Gasteiger partial charge in [-0.1, -0.05) is 18.3 Å². The summed E-state index contributed by atoms with van der Waals surface area (Å²) in [5, 5.41) is 14.1. The van der Waals surface area contributed by atoms with Crippen molar-refractivity contribution in [2.45, 2.75) is 25.6 Å². The van der Waals surface area contributed by atoms with Gasteiger partial charge in [0.25, 0.3) is 0 Å². The number of carbonyl (C=O) groups is 1. The number of nitrogens with zero attached hydrogens (tertiary/aromatic N) is 3. The van der Waals surface area contributed by atoms with Crippen molar-refractivity contribution in [1.82, 2.24) is 10.2 Å². The molecule has 5 nitrogen and oxygen atoms in total. The molecule has 1 N–H and O–H groups in total. The summed E-state index contributed by atoms with van der Waals surface area (Å²) in [7, 11) is 1.38. The highest BCUT2D eigenvalue weighted by Crippen LogP contribution is 2.34. The second kappa shape index (κ2) is 4.86. The Labute approximate surface area is 98.9 Å². The van der Waals surface area contributed by atoms with Gasteiger partial charge in [-0.25, -0.2) is 4.79 Å². The number of aliphatic carboxylic acids is 1. The first-order chi connectivity index (χ1) is 7.77. The highest BCUT2D eigenvalue weighted by Gasteiger charge is 2.36. The summed E-state index contributed by atoms with van der Waals surface area (Å²) in [5.74, 6) is -1.11. The van der Waals surface area contributed by atoms with Crippen molar-refractivity contribution in [3.8, 4) is 0 Å². The lowest BCUT2D eigenvalue weighted by Crippen LogP contribution is -2.37. The van der Waals surface area contributed by atoms with Crippen molar-refractivity contribution in [3.63, 3.8) is 0 Å². The van der Waals surface area contributed by atoms with E-state index in [-0.39, 0.29) is 11.6 Å². The molecule has 0 aliphatic rings. The molecule has 0 aromatic carbocycles. The summed E-state index contributed by atoms with van der Waals surface area (Å²) in [6.07, 6.45) is -4.30. The van der Waals surface area contributed by atoms with Crippen LogP contribution in [0.15, 0.2) is 0 Å². The van der Waals surface area contributed by atoms with Gasteiger partial charge in [0.2, 0.25) is 10.1 Å². The normalized spacial score (nSPS) is 13.5. The predicted octanol–water partition coefficient (Wildman–Crippen LogP) is 1.86. The molecule has 0 saturated carbocycles. The monoisotopic (exact) mass is 269 g/mol. The number of likely N-dealkylation sites (N-methyl/N-ethyl adjacent to an activating group) is 1. The molecule has 1 aromatic heterocycles. The van der Waals surface area contributed by atoms with Crippen LogP contribution in [-0.2, 0) is 11.0 Å². The van der Waals surface area contributed by atoms with Crippen LogP contribution < -0.4 is 4.90 Å². The smallest absolute Gasteiger partial charge is 0.445 e. The quantitative estimate of drug-likeness (QED) is 0.903. The second-order valence-electron chi connectivity index (χ2n) is 3.26. The number of aromatic nitrogens is 2. The van der Waals surface area contributed by atoms with E-state index in [0.29, 0.717) is 11.3 Å². The van der Waals surface area contributed by atoms with E-state index in [1.807, 2.05) is 0 Å². The van der Waals surface area contributed by atoms with Crippen LogP contribution in [0.2, 0.25) is 0 Å². The van der Waals surface area contributed by atoms with Crippen molar-refractivity contribution in [1.29, 1.82) is 0 Å². The largest absolute Gasteiger partial charge is 0.480 e. The number of carboxylic acids is 1. The fraction of sp³-hybridized carbons (Fsp3) is 0.625. The number of rotatable bonds is 4. The topological polar surface area (TPSA) is 66.3 Å². The van der Waals surface area contributed by atoms with E-state index in [2.05, 4.69) is 10.2 Å². The zero-order chi connectivity index (χ0) is 13.2. The lowest BCUT2D eigenvalue weighted by Gasteiger charge is -2.22. The van der Waals surface area contributed by atoms with Crippen LogP contribution in [0.1, 0.15) is 18.4 Å². The third-order valence-corrected chi connectivity index (χ3v) is 3.16. The zero-order valence-corrected chi connectivity index (χ0v) is 9.84. The Bertz CT molecular complexity index is 407. The Morgan fingerprint density at radius 3 is 2.47 bits per heavy atom. The minimum absolute atomic E-state index is 0.0634. The van der Waals surface area contributed by atoms with Crippen molar-refractivity contribution in [2.24, 2.45) is 0 Å². The molecule has 1 heterocycles. The fourth-order valence-electron chi connectivity index (χ4n) is 1.22. The molecular weight excluding hydrogens is 259 g/mol. The van der Waals surface area contributed by atoms with E-state index in [1.54, 1.807) is 6.92 Å². The first-order valence-corrected chi connectivity index (χ1v) is 5.45. The Balaban J connectivity index is 2.93. The first-order valence-electron chi connectivity index (χ1n) is 4.63. The average molecular weight is 269 g/mol. The highest BCUT2D eigenvalue weighted by molar-refractivity contribution is 7.15. The first kappa shape index (κ1) is 13.7. The number of alkyl halides is 3. The van der Waals surface area contributed by atoms with Crippen LogP contribution >= 0.6 is 11.3 Å². The van der Waals surface area contributed by atoms with E-state index in [0.717, 1.165) is 0 Å². The Morgan fingerprint density at radius 2 is 2.12 bits per heavy atom. The van der Waals surface area contributed by atoms with Gasteiger partial charge in [-0.2, -0.15) is 13.2 Å². The van der Waals surface area contributed by atoms with Crippen LogP contribution in [0, 0.1) is 0 Å². The van der Waals surface area contributed by atoms with E-state index >= 15 is 0 Å². The minimum atomic E-state index is -4.55. The predicted molar refractivity (Wildman–Crippen MR) is 55.0 cm³/mol. The fourth-order valence-corrected chi connectivity index (χ4v) is 1.94. The minimum Gasteiger partial charge on any atom is -0.480 e. The van der Waals surface area contributed by atoms with Gasteiger partial charge in [0.1, 0.15) is 6.04 Å². The third-order valence-electron chi connectivity index (χ3n) is 2.10. The molecule has 0 fully saturated rings. The van der Waals surface area contributed by atoms with Gasteiger partial charge >= 0.3 is 12.1 Å². The molecule has 0 spiro atoms. The molecule has 0 bridgehead atoms. The average Bonchev–Trinajstić information content (AvgIpc) is 2.65. The van der Waals surface area contributed by atoms with Gasteiger partial charge in [0.05, 0.1) is 0 Å². The van der Waals surface area contributed by atoms with Gasteiger partial charge in [0.15, 0.2) is 0 Å². The van der Waals surface area contributed by atoms with Gasteiger partial charge in [-0.05, 0) is 6.42 Å². The molecular formula is C8H10F3N3O2S. The van der Waals surface area contributed by atoms with Gasteiger partial charge < -0.3 is 10.0 Å². The summed E-state index contributed by atoms with van der Waals surface area (Å²) in [5.41, 5.74) is 0. The second-order valence-corrected chi connectivity index (χ2v) is 4.22. The van der Waals surface area contributed by atoms with Gasteiger partial charge in [-0.3, -0.25) is 0 Å². The number of hydrogen-bond acceptors (Lipinski definition) is 5. The van der Waals surface area contributed by atoms with Crippen LogP contribution in [0.25, 0.3) is 0 Å².